The molecule has 1 heterocycles. The lowest BCUT2D eigenvalue weighted by Gasteiger charge is -2.17. The van der Waals surface area contributed by atoms with Crippen LogP contribution in [0, 0.1) is 12.8 Å². The number of hydrazine groups is 1. The van der Waals surface area contributed by atoms with Crippen LogP contribution in [0.3, 0.4) is 0 Å². The largest absolute Gasteiger partial charge is 0.271 e. The van der Waals surface area contributed by atoms with Crippen molar-refractivity contribution in [2.75, 3.05) is 0 Å². The maximum Gasteiger partial charge on any atom is 0.0897 e. The van der Waals surface area contributed by atoms with Crippen LogP contribution in [-0.2, 0) is 6.42 Å². The van der Waals surface area contributed by atoms with Crippen LogP contribution in [0.15, 0.2) is 5.38 Å². The van der Waals surface area contributed by atoms with Gasteiger partial charge in [0.2, 0.25) is 0 Å². The van der Waals surface area contributed by atoms with Crippen molar-refractivity contribution in [3.05, 3.63) is 16.1 Å². The van der Waals surface area contributed by atoms with Crippen molar-refractivity contribution in [1.82, 2.24) is 10.4 Å². The molecule has 0 aromatic carbocycles. The zero-order valence-corrected chi connectivity index (χ0v) is 11.4. The number of hydrogen-bond donors (Lipinski definition) is 2. The van der Waals surface area contributed by atoms with E-state index < -0.39 is 0 Å². The van der Waals surface area contributed by atoms with Gasteiger partial charge in [0.1, 0.15) is 0 Å². The predicted molar refractivity (Wildman–Crippen MR) is 72.9 cm³/mol. The van der Waals surface area contributed by atoms with E-state index in [1.54, 1.807) is 11.3 Å². The number of hydrogen-bond acceptors (Lipinski definition) is 4. The van der Waals surface area contributed by atoms with Gasteiger partial charge in [-0.15, -0.1) is 11.3 Å². The molecule has 0 saturated heterocycles. The zero-order valence-electron chi connectivity index (χ0n) is 10.6. The molecule has 17 heavy (non-hydrogen) atoms. The van der Waals surface area contributed by atoms with Crippen LogP contribution in [-0.4, -0.2) is 11.0 Å². The van der Waals surface area contributed by atoms with Gasteiger partial charge >= 0.3 is 0 Å². The average molecular weight is 253 g/mol. The van der Waals surface area contributed by atoms with Crippen molar-refractivity contribution in [2.45, 2.75) is 57.9 Å². The lowest BCUT2D eigenvalue weighted by molar-refractivity contribution is 0.405. The molecule has 2 rings (SSSR count). The third-order valence-electron chi connectivity index (χ3n) is 3.76. The van der Waals surface area contributed by atoms with Gasteiger partial charge in [-0.05, 0) is 25.7 Å². The second kappa shape index (κ2) is 6.47. The van der Waals surface area contributed by atoms with E-state index in [0.717, 1.165) is 17.3 Å². The van der Waals surface area contributed by atoms with Crippen molar-refractivity contribution in [1.29, 1.82) is 0 Å². The first-order chi connectivity index (χ1) is 8.28. The number of rotatable bonds is 6. The number of nitrogens with one attached hydrogen (secondary N) is 1. The maximum absolute atomic E-state index is 5.64. The minimum absolute atomic E-state index is 0.386. The molecule has 1 aliphatic rings. The summed E-state index contributed by atoms with van der Waals surface area (Å²) < 4.78 is 0. The zero-order chi connectivity index (χ0) is 12.1. The number of nitrogens with zero attached hydrogens (tertiary/aromatic N) is 1. The van der Waals surface area contributed by atoms with Crippen molar-refractivity contribution in [3.63, 3.8) is 0 Å². The van der Waals surface area contributed by atoms with Gasteiger partial charge in [0.05, 0.1) is 10.7 Å². The minimum Gasteiger partial charge on any atom is -0.271 e. The molecule has 0 amide bonds. The Kier molecular flexibility index (Phi) is 4.95. The second-order valence-corrected chi connectivity index (χ2v) is 6.22. The second-order valence-electron chi connectivity index (χ2n) is 5.15. The molecule has 0 bridgehead atoms. The van der Waals surface area contributed by atoms with Gasteiger partial charge in [0.25, 0.3) is 0 Å². The van der Waals surface area contributed by atoms with Crippen LogP contribution in [0.5, 0.6) is 0 Å². The van der Waals surface area contributed by atoms with Gasteiger partial charge in [-0.1, -0.05) is 25.7 Å². The quantitative estimate of drug-likeness (QED) is 0.605. The van der Waals surface area contributed by atoms with E-state index in [-0.39, 0.29) is 0 Å². The smallest absolute Gasteiger partial charge is 0.0897 e. The van der Waals surface area contributed by atoms with Crippen LogP contribution in [0.2, 0.25) is 0 Å². The van der Waals surface area contributed by atoms with Crippen molar-refractivity contribution >= 4 is 11.3 Å². The standard InChI is InChI=1S/C13H23N3S/c1-10-15-13(9-17-10)8-12(16-14)7-6-11-4-2-3-5-11/h9,11-12,16H,2-8,14H2,1H3. The Morgan fingerprint density at radius 1 is 1.53 bits per heavy atom. The van der Waals surface area contributed by atoms with Gasteiger partial charge in [0, 0.05) is 17.8 Å². The van der Waals surface area contributed by atoms with E-state index in [0.29, 0.717) is 6.04 Å². The molecule has 0 aliphatic heterocycles. The SMILES string of the molecule is Cc1nc(CC(CCC2CCCC2)NN)cs1. The highest BCUT2D eigenvalue weighted by Gasteiger charge is 2.17. The van der Waals surface area contributed by atoms with Crippen molar-refractivity contribution in [3.8, 4) is 0 Å². The average Bonchev–Trinajstić information content (AvgIpc) is 2.96. The third kappa shape index (κ3) is 4.05. The molecule has 3 nitrogen and oxygen atoms in total. The fourth-order valence-corrected chi connectivity index (χ4v) is 3.36. The molecule has 1 saturated carbocycles. The first-order valence-corrected chi connectivity index (χ1v) is 7.53. The first-order valence-electron chi connectivity index (χ1n) is 6.65. The molecular formula is C13H23N3S. The lowest BCUT2D eigenvalue weighted by atomic mass is 9.97. The Balaban J connectivity index is 1.75. The van der Waals surface area contributed by atoms with Crippen LogP contribution in [0.1, 0.15) is 49.2 Å². The number of thiazole rings is 1. The molecule has 0 radical (unpaired) electrons. The van der Waals surface area contributed by atoms with Gasteiger partial charge in [-0.25, -0.2) is 4.98 Å². The highest BCUT2D eigenvalue weighted by molar-refractivity contribution is 7.09. The summed E-state index contributed by atoms with van der Waals surface area (Å²) in [5, 5.41) is 3.29. The topological polar surface area (TPSA) is 50.9 Å². The fourth-order valence-electron chi connectivity index (χ4n) is 2.73. The Labute approximate surface area is 108 Å². The Bertz CT molecular complexity index is 331. The molecular weight excluding hydrogens is 230 g/mol. The van der Waals surface area contributed by atoms with Crippen molar-refractivity contribution in [2.24, 2.45) is 11.8 Å². The number of aryl methyl sites for hydroxylation is 1. The van der Waals surface area contributed by atoms with Crippen LogP contribution >= 0.6 is 11.3 Å². The number of nitrogens with two attached hydrogens (primary N) is 1. The molecule has 1 aliphatic carbocycles. The van der Waals surface area contributed by atoms with Crippen LogP contribution < -0.4 is 11.3 Å². The van der Waals surface area contributed by atoms with E-state index in [2.05, 4.69) is 22.7 Å². The van der Waals surface area contributed by atoms with Gasteiger partial charge in [-0.3, -0.25) is 11.3 Å². The van der Waals surface area contributed by atoms with Crippen LogP contribution in [0.25, 0.3) is 0 Å². The third-order valence-corrected chi connectivity index (χ3v) is 4.58. The number of aromatic nitrogens is 1. The molecule has 1 aromatic heterocycles. The van der Waals surface area contributed by atoms with Crippen molar-refractivity contribution < 1.29 is 0 Å². The summed E-state index contributed by atoms with van der Waals surface area (Å²) in [6.45, 7) is 2.05. The Morgan fingerprint density at radius 3 is 2.88 bits per heavy atom. The van der Waals surface area contributed by atoms with E-state index >= 15 is 0 Å². The Morgan fingerprint density at radius 2 is 2.29 bits per heavy atom. The van der Waals surface area contributed by atoms with Gasteiger partial charge in [0.15, 0.2) is 0 Å². The maximum atomic E-state index is 5.64. The summed E-state index contributed by atoms with van der Waals surface area (Å²) in [6, 6.07) is 0.386. The van der Waals surface area contributed by atoms with E-state index in [9.17, 15) is 0 Å². The monoisotopic (exact) mass is 253 g/mol. The minimum atomic E-state index is 0.386. The normalized spacial score (nSPS) is 18.7. The molecule has 0 spiro atoms. The van der Waals surface area contributed by atoms with Crippen LogP contribution in [0.4, 0.5) is 0 Å². The summed E-state index contributed by atoms with van der Waals surface area (Å²) in [7, 11) is 0. The van der Waals surface area contributed by atoms with Gasteiger partial charge in [-0.2, -0.15) is 0 Å². The van der Waals surface area contributed by atoms with E-state index in [4.69, 9.17) is 5.84 Å². The predicted octanol–water partition coefficient (Wildman–Crippen LogP) is 2.80. The first kappa shape index (κ1) is 13.0. The van der Waals surface area contributed by atoms with E-state index in [1.165, 1.54) is 44.2 Å². The van der Waals surface area contributed by atoms with Gasteiger partial charge < -0.3 is 0 Å². The molecule has 4 heteroatoms. The molecule has 3 N–H and O–H groups in total. The Hall–Kier alpha value is -0.450. The highest BCUT2D eigenvalue weighted by Crippen LogP contribution is 2.29. The summed E-state index contributed by atoms with van der Waals surface area (Å²) in [6.07, 6.45) is 9.16. The summed E-state index contributed by atoms with van der Waals surface area (Å²) >= 11 is 1.72. The molecule has 1 atom stereocenters. The lowest BCUT2D eigenvalue weighted by Crippen LogP contribution is -2.37. The summed E-state index contributed by atoms with van der Waals surface area (Å²) in [5.74, 6) is 6.59. The molecule has 1 aromatic rings. The summed E-state index contributed by atoms with van der Waals surface area (Å²) in [4.78, 5) is 4.50. The summed E-state index contributed by atoms with van der Waals surface area (Å²) in [5.41, 5.74) is 4.13. The fraction of sp³-hybridized carbons (Fsp3) is 0.769. The molecule has 1 unspecified atom stereocenters. The molecule has 96 valence electrons. The highest BCUT2D eigenvalue weighted by atomic mass is 32.1. The van der Waals surface area contributed by atoms with E-state index in [1.807, 2.05) is 0 Å². The molecule has 1 fully saturated rings.